The number of aliphatic hydroxyl groups excluding tert-OH is 1. The van der Waals surface area contributed by atoms with Crippen molar-refractivity contribution >= 4 is 0 Å². The average Bonchev–Trinajstić information content (AvgIpc) is 2.46. The minimum Gasteiger partial charge on any atom is -0.396 e. The van der Waals surface area contributed by atoms with E-state index >= 15 is 0 Å². The fourth-order valence-corrected chi connectivity index (χ4v) is 2.56. The van der Waals surface area contributed by atoms with Crippen molar-refractivity contribution in [2.75, 3.05) is 13.2 Å². The molecular formula is C16H20FNO. The predicted molar refractivity (Wildman–Crippen MR) is 74.1 cm³/mol. The van der Waals surface area contributed by atoms with Crippen molar-refractivity contribution < 1.29 is 9.50 Å². The van der Waals surface area contributed by atoms with E-state index in [4.69, 9.17) is 0 Å². The van der Waals surface area contributed by atoms with Crippen LogP contribution in [0.3, 0.4) is 0 Å². The van der Waals surface area contributed by atoms with Gasteiger partial charge < -0.3 is 10.4 Å². The summed E-state index contributed by atoms with van der Waals surface area (Å²) >= 11 is 0. The molecule has 0 bridgehead atoms. The summed E-state index contributed by atoms with van der Waals surface area (Å²) in [5.41, 5.74) is 0.825. The molecule has 2 nitrogen and oxygen atoms in total. The second-order valence-corrected chi connectivity index (χ2v) is 5.02. The number of halogens is 1. The number of benzene rings is 1. The summed E-state index contributed by atoms with van der Waals surface area (Å²) < 4.78 is 12.7. The molecule has 0 amide bonds. The molecule has 0 heterocycles. The first-order valence-electron chi connectivity index (χ1n) is 6.88. The fraction of sp³-hybridized carbons (Fsp3) is 0.500. The molecule has 1 aromatic carbocycles. The Hall–Kier alpha value is -1.37. The van der Waals surface area contributed by atoms with Gasteiger partial charge in [-0.2, -0.15) is 0 Å². The quantitative estimate of drug-likeness (QED) is 0.818. The van der Waals surface area contributed by atoms with E-state index in [1.807, 2.05) is 0 Å². The molecule has 0 unspecified atom stereocenters. The summed E-state index contributed by atoms with van der Waals surface area (Å²) in [6.45, 7) is 0.863. The monoisotopic (exact) mass is 261 g/mol. The van der Waals surface area contributed by atoms with Gasteiger partial charge in [0.2, 0.25) is 0 Å². The Bertz CT molecular complexity index is 446. The van der Waals surface area contributed by atoms with E-state index in [0.717, 1.165) is 18.4 Å². The number of nitrogens with one attached hydrogen (secondary N) is 1. The van der Waals surface area contributed by atoms with Gasteiger partial charge in [-0.15, -0.1) is 0 Å². The van der Waals surface area contributed by atoms with E-state index in [9.17, 15) is 9.50 Å². The lowest BCUT2D eigenvalue weighted by atomic mass is 9.85. The normalized spacial score (nSPS) is 22.6. The summed E-state index contributed by atoms with van der Waals surface area (Å²) in [7, 11) is 0. The van der Waals surface area contributed by atoms with Crippen LogP contribution in [-0.2, 0) is 0 Å². The van der Waals surface area contributed by atoms with Crippen molar-refractivity contribution in [3.05, 3.63) is 35.6 Å². The van der Waals surface area contributed by atoms with Crippen molar-refractivity contribution in [3.63, 3.8) is 0 Å². The SMILES string of the molecule is OC[C@H]1CCCC[C@H]1NCC#Cc1ccc(F)cc1. The fourth-order valence-electron chi connectivity index (χ4n) is 2.56. The Morgan fingerprint density at radius 3 is 2.68 bits per heavy atom. The smallest absolute Gasteiger partial charge is 0.123 e. The van der Waals surface area contributed by atoms with Crippen molar-refractivity contribution in [3.8, 4) is 11.8 Å². The van der Waals surface area contributed by atoms with Crippen LogP contribution in [0.4, 0.5) is 4.39 Å². The second-order valence-electron chi connectivity index (χ2n) is 5.02. The van der Waals surface area contributed by atoms with E-state index in [-0.39, 0.29) is 12.4 Å². The molecule has 2 rings (SSSR count). The Balaban J connectivity index is 1.81. The first-order valence-corrected chi connectivity index (χ1v) is 6.88. The van der Waals surface area contributed by atoms with Gasteiger partial charge in [0.15, 0.2) is 0 Å². The van der Waals surface area contributed by atoms with Crippen LogP contribution < -0.4 is 5.32 Å². The maximum Gasteiger partial charge on any atom is 0.123 e. The van der Waals surface area contributed by atoms with Crippen LogP contribution in [0.5, 0.6) is 0 Å². The Morgan fingerprint density at radius 2 is 1.95 bits per heavy atom. The highest BCUT2D eigenvalue weighted by atomic mass is 19.1. The van der Waals surface area contributed by atoms with Crippen molar-refractivity contribution in [1.82, 2.24) is 5.32 Å². The lowest BCUT2D eigenvalue weighted by Gasteiger charge is -2.30. The molecular weight excluding hydrogens is 241 g/mol. The first kappa shape index (κ1) is 14.0. The standard InChI is InChI=1S/C16H20FNO/c17-15-9-7-13(8-10-15)4-3-11-18-16-6-2-1-5-14(16)12-19/h7-10,14,16,18-19H,1-2,5-6,11-12H2/t14-,16-/m1/s1. The van der Waals surface area contributed by atoms with E-state index in [2.05, 4.69) is 17.2 Å². The van der Waals surface area contributed by atoms with Crippen molar-refractivity contribution in [2.45, 2.75) is 31.7 Å². The molecule has 1 fully saturated rings. The third-order valence-electron chi connectivity index (χ3n) is 3.67. The zero-order valence-electron chi connectivity index (χ0n) is 11.0. The van der Waals surface area contributed by atoms with Crippen molar-refractivity contribution in [1.29, 1.82) is 0 Å². The molecule has 0 saturated heterocycles. The Morgan fingerprint density at radius 1 is 1.21 bits per heavy atom. The van der Waals surface area contributed by atoms with E-state index < -0.39 is 0 Å². The van der Waals surface area contributed by atoms with Gasteiger partial charge in [0.1, 0.15) is 5.82 Å². The van der Waals surface area contributed by atoms with E-state index in [1.54, 1.807) is 12.1 Å². The summed E-state index contributed by atoms with van der Waals surface area (Å²) in [5.74, 6) is 6.17. The van der Waals surface area contributed by atoms with Crippen LogP contribution in [0.25, 0.3) is 0 Å². The topological polar surface area (TPSA) is 32.3 Å². The molecule has 0 spiro atoms. The highest BCUT2D eigenvalue weighted by molar-refractivity contribution is 5.34. The highest BCUT2D eigenvalue weighted by Gasteiger charge is 2.23. The van der Waals surface area contributed by atoms with E-state index in [0.29, 0.717) is 18.5 Å². The number of aliphatic hydroxyl groups is 1. The summed E-state index contributed by atoms with van der Waals surface area (Å²) in [5, 5.41) is 12.7. The maximum atomic E-state index is 12.7. The molecule has 102 valence electrons. The summed E-state index contributed by atoms with van der Waals surface area (Å²) in [4.78, 5) is 0. The van der Waals surface area contributed by atoms with Crippen LogP contribution >= 0.6 is 0 Å². The van der Waals surface area contributed by atoms with Crippen LogP contribution in [0.15, 0.2) is 24.3 Å². The molecule has 0 aliphatic heterocycles. The van der Waals surface area contributed by atoms with Crippen molar-refractivity contribution in [2.24, 2.45) is 5.92 Å². The first-order chi connectivity index (χ1) is 9.29. The maximum absolute atomic E-state index is 12.7. The lowest BCUT2D eigenvalue weighted by Crippen LogP contribution is -2.40. The molecule has 0 aromatic heterocycles. The zero-order valence-corrected chi connectivity index (χ0v) is 11.0. The second kappa shape index (κ2) is 7.28. The molecule has 2 atom stereocenters. The molecule has 0 radical (unpaired) electrons. The summed E-state index contributed by atoms with van der Waals surface area (Å²) in [6, 6.07) is 6.57. The minimum absolute atomic E-state index is 0.239. The van der Waals surface area contributed by atoms with Gasteiger partial charge in [-0.05, 0) is 43.0 Å². The minimum atomic E-state index is -0.239. The zero-order chi connectivity index (χ0) is 13.5. The summed E-state index contributed by atoms with van der Waals surface area (Å²) in [6.07, 6.45) is 4.65. The predicted octanol–water partition coefficient (Wildman–Crippen LogP) is 2.32. The highest BCUT2D eigenvalue weighted by Crippen LogP contribution is 2.23. The average molecular weight is 261 g/mol. The van der Waals surface area contributed by atoms with Crippen LogP contribution in [0.1, 0.15) is 31.2 Å². The molecule has 2 N–H and O–H groups in total. The molecule has 1 aliphatic rings. The lowest BCUT2D eigenvalue weighted by molar-refractivity contribution is 0.155. The van der Waals surface area contributed by atoms with Gasteiger partial charge in [-0.25, -0.2) is 4.39 Å². The molecule has 19 heavy (non-hydrogen) atoms. The van der Waals surface area contributed by atoms with Crippen LogP contribution in [0.2, 0.25) is 0 Å². The molecule has 1 aromatic rings. The molecule has 1 saturated carbocycles. The van der Waals surface area contributed by atoms with E-state index in [1.165, 1.54) is 25.0 Å². The Kier molecular flexibility index (Phi) is 5.38. The number of rotatable bonds is 3. The van der Waals surface area contributed by atoms with Crippen LogP contribution in [0, 0.1) is 23.6 Å². The van der Waals surface area contributed by atoms with Gasteiger partial charge >= 0.3 is 0 Å². The third-order valence-corrected chi connectivity index (χ3v) is 3.67. The number of hydrogen-bond donors (Lipinski definition) is 2. The Labute approximate surface area is 114 Å². The van der Waals surface area contributed by atoms with Gasteiger partial charge in [0, 0.05) is 18.2 Å². The van der Waals surface area contributed by atoms with Gasteiger partial charge in [-0.3, -0.25) is 0 Å². The number of hydrogen-bond acceptors (Lipinski definition) is 2. The largest absolute Gasteiger partial charge is 0.396 e. The van der Waals surface area contributed by atoms with Gasteiger partial charge in [0.05, 0.1) is 6.54 Å². The molecule has 1 aliphatic carbocycles. The third kappa shape index (κ3) is 4.34. The molecule has 3 heteroatoms. The van der Waals surface area contributed by atoms with Gasteiger partial charge in [-0.1, -0.05) is 24.7 Å². The van der Waals surface area contributed by atoms with Crippen LogP contribution in [-0.4, -0.2) is 24.3 Å². The van der Waals surface area contributed by atoms with Gasteiger partial charge in [0.25, 0.3) is 0 Å².